The average molecular weight is 445 g/mol. The van der Waals surface area contributed by atoms with Crippen LogP contribution in [0.4, 0.5) is 0 Å². The SMILES string of the molecule is CCOC(=O)C1CCC(c2c(C)c(C)cc3c2ncn3COCC[Si](C)(C)C)CC1=O. The Kier molecular flexibility index (Phi) is 7.37. The van der Waals surface area contributed by atoms with E-state index in [4.69, 9.17) is 14.5 Å². The smallest absolute Gasteiger partial charge is 0.316 e. The summed E-state index contributed by atoms with van der Waals surface area (Å²) in [7, 11) is -1.12. The second-order valence-corrected chi connectivity index (χ2v) is 15.5. The Bertz CT molecular complexity index is 961. The fourth-order valence-corrected chi connectivity index (χ4v) is 5.11. The second kappa shape index (κ2) is 9.65. The van der Waals surface area contributed by atoms with E-state index in [-0.39, 0.29) is 17.7 Å². The van der Waals surface area contributed by atoms with Crippen molar-refractivity contribution in [2.45, 2.75) is 78.4 Å². The van der Waals surface area contributed by atoms with Crippen LogP contribution in [0.3, 0.4) is 0 Å². The normalized spacial score (nSPS) is 19.7. The van der Waals surface area contributed by atoms with Crippen molar-refractivity contribution in [1.82, 2.24) is 9.55 Å². The molecule has 31 heavy (non-hydrogen) atoms. The predicted molar refractivity (Wildman–Crippen MR) is 125 cm³/mol. The van der Waals surface area contributed by atoms with Crippen molar-refractivity contribution in [3.05, 3.63) is 29.1 Å². The topological polar surface area (TPSA) is 70.4 Å². The molecule has 0 aliphatic heterocycles. The lowest BCUT2D eigenvalue weighted by Gasteiger charge is -2.28. The van der Waals surface area contributed by atoms with Crippen LogP contribution in [-0.4, -0.2) is 42.6 Å². The van der Waals surface area contributed by atoms with Gasteiger partial charge in [0.1, 0.15) is 18.4 Å². The van der Waals surface area contributed by atoms with Gasteiger partial charge in [0.2, 0.25) is 0 Å². The van der Waals surface area contributed by atoms with Crippen molar-refractivity contribution in [1.29, 1.82) is 0 Å². The fourth-order valence-electron chi connectivity index (χ4n) is 4.35. The first-order valence-electron chi connectivity index (χ1n) is 11.3. The minimum Gasteiger partial charge on any atom is -0.465 e. The first-order chi connectivity index (χ1) is 14.6. The Labute approximate surface area is 186 Å². The number of carbonyl (C=O) groups is 2. The van der Waals surface area contributed by atoms with Crippen molar-refractivity contribution >= 4 is 30.9 Å². The molecular formula is C24H36N2O4Si. The van der Waals surface area contributed by atoms with Gasteiger partial charge in [0.05, 0.1) is 24.0 Å². The number of esters is 1. The Morgan fingerprint density at radius 1 is 1.26 bits per heavy atom. The van der Waals surface area contributed by atoms with Crippen molar-refractivity contribution in [2.24, 2.45) is 5.92 Å². The lowest BCUT2D eigenvalue weighted by Crippen LogP contribution is -2.32. The van der Waals surface area contributed by atoms with E-state index in [9.17, 15) is 9.59 Å². The maximum atomic E-state index is 12.7. The van der Waals surface area contributed by atoms with Crippen LogP contribution in [0.5, 0.6) is 0 Å². The number of aromatic nitrogens is 2. The third-order valence-electron chi connectivity index (χ3n) is 6.33. The molecule has 1 aromatic carbocycles. The van der Waals surface area contributed by atoms with Crippen LogP contribution in [0.2, 0.25) is 25.7 Å². The largest absolute Gasteiger partial charge is 0.465 e. The van der Waals surface area contributed by atoms with E-state index in [0.29, 0.717) is 26.2 Å². The number of hydrogen-bond donors (Lipinski definition) is 0. The Morgan fingerprint density at radius 2 is 2.00 bits per heavy atom. The third kappa shape index (κ3) is 5.44. The summed E-state index contributed by atoms with van der Waals surface area (Å²) in [6.07, 6.45) is 3.53. The van der Waals surface area contributed by atoms with Gasteiger partial charge in [-0.05, 0) is 68.3 Å². The highest BCUT2D eigenvalue weighted by Gasteiger charge is 2.36. The molecule has 1 aliphatic carbocycles. The molecule has 170 valence electrons. The number of aryl methyl sites for hydroxylation is 1. The van der Waals surface area contributed by atoms with E-state index >= 15 is 0 Å². The van der Waals surface area contributed by atoms with Crippen molar-refractivity contribution in [3.8, 4) is 0 Å². The molecule has 2 unspecified atom stereocenters. The highest BCUT2D eigenvalue weighted by atomic mass is 28.3. The maximum Gasteiger partial charge on any atom is 0.316 e. The first kappa shape index (κ1) is 23.7. The molecule has 0 bridgehead atoms. The molecule has 7 heteroatoms. The summed E-state index contributed by atoms with van der Waals surface area (Å²) in [6.45, 7) is 14.6. The molecule has 0 N–H and O–H groups in total. The summed E-state index contributed by atoms with van der Waals surface area (Å²) in [4.78, 5) is 29.6. The molecule has 0 spiro atoms. The van der Waals surface area contributed by atoms with E-state index in [1.807, 2.05) is 6.33 Å². The van der Waals surface area contributed by atoms with Crippen molar-refractivity contribution < 1.29 is 19.1 Å². The maximum absolute atomic E-state index is 12.7. The van der Waals surface area contributed by atoms with Gasteiger partial charge in [0, 0.05) is 21.1 Å². The van der Waals surface area contributed by atoms with Gasteiger partial charge in [-0.2, -0.15) is 0 Å². The molecule has 6 nitrogen and oxygen atoms in total. The average Bonchev–Trinajstić information content (AvgIpc) is 3.07. The van der Waals surface area contributed by atoms with Crippen LogP contribution in [-0.2, 0) is 25.8 Å². The summed E-state index contributed by atoms with van der Waals surface area (Å²) in [5, 5.41) is 0. The van der Waals surface area contributed by atoms with Gasteiger partial charge in [0.15, 0.2) is 0 Å². The molecule has 0 saturated heterocycles. The van der Waals surface area contributed by atoms with E-state index in [1.165, 1.54) is 11.1 Å². The zero-order chi connectivity index (χ0) is 22.8. The lowest BCUT2D eigenvalue weighted by molar-refractivity contribution is -0.152. The van der Waals surface area contributed by atoms with Crippen LogP contribution in [0, 0.1) is 19.8 Å². The zero-order valence-electron chi connectivity index (χ0n) is 19.8. The Morgan fingerprint density at radius 3 is 2.65 bits per heavy atom. The second-order valence-electron chi connectivity index (χ2n) is 9.91. The summed E-state index contributed by atoms with van der Waals surface area (Å²) in [6, 6.07) is 3.30. The molecule has 0 amide bonds. The minimum absolute atomic E-state index is 0.0159. The molecule has 1 aliphatic rings. The molecule has 1 heterocycles. The number of nitrogens with zero attached hydrogens (tertiary/aromatic N) is 2. The minimum atomic E-state index is -1.12. The first-order valence-corrected chi connectivity index (χ1v) is 15.0. The van der Waals surface area contributed by atoms with Crippen molar-refractivity contribution in [2.75, 3.05) is 13.2 Å². The van der Waals surface area contributed by atoms with Gasteiger partial charge in [-0.1, -0.05) is 19.6 Å². The standard InChI is InChI=1S/C24H36N2O4Si/c1-7-30-24(28)19-9-8-18(13-21(19)27)22-17(3)16(2)12-20-23(22)25-14-26(20)15-29-10-11-31(4,5)6/h12,14,18-19H,7-11,13,15H2,1-6H3. The summed E-state index contributed by atoms with van der Waals surface area (Å²) < 4.78 is 13.1. The molecule has 2 aromatic rings. The molecule has 3 rings (SSSR count). The van der Waals surface area contributed by atoms with E-state index in [0.717, 1.165) is 35.7 Å². The number of fused-ring (bicyclic) bond motifs is 1. The highest BCUT2D eigenvalue weighted by molar-refractivity contribution is 6.76. The number of hydrogen-bond acceptors (Lipinski definition) is 5. The number of ketones is 1. The van der Waals surface area contributed by atoms with Crippen LogP contribution in [0.1, 0.15) is 48.8 Å². The van der Waals surface area contributed by atoms with Crippen LogP contribution < -0.4 is 0 Å². The number of rotatable bonds is 8. The van der Waals surface area contributed by atoms with Crippen LogP contribution in [0.15, 0.2) is 12.4 Å². The number of ether oxygens (including phenoxy) is 2. The van der Waals surface area contributed by atoms with E-state index in [2.05, 4.69) is 44.1 Å². The van der Waals surface area contributed by atoms with Gasteiger partial charge < -0.3 is 14.0 Å². The molecule has 2 atom stereocenters. The Hall–Kier alpha value is -1.99. The Balaban J connectivity index is 1.81. The summed E-state index contributed by atoms with van der Waals surface area (Å²) in [5.74, 6) is -0.930. The summed E-state index contributed by atoms with van der Waals surface area (Å²) >= 11 is 0. The van der Waals surface area contributed by atoms with Crippen LogP contribution >= 0.6 is 0 Å². The number of benzene rings is 1. The predicted octanol–water partition coefficient (Wildman–Crippen LogP) is 4.98. The fraction of sp³-hybridized carbons (Fsp3) is 0.625. The monoisotopic (exact) mass is 444 g/mol. The van der Waals surface area contributed by atoms with Gasteiger partial charge >= 0.3 is 5.97 Å². The molecule has 1 saturated carbocycles. The quantitative estimate of drug-likeness (QED) is 0.248. The van der Waals surface area contributed by atoms with Gasteiger partial charge in [-0.3, -0.25) is 9.59 Å². The lowest BCUT2D eigenvalue weighted by atomic mass is 9.76. The number of carbonyl (C=O) groups excluding carboxylic acids is 2. The van der Waals surface area contributed by atoms with Gasteiger partial charge in [-0.15, -0.1) is 0 Å². The van der Waals surface area contributed by atoms with Gasteiger partial charge in [0.25, 0.3) is 0 Å². The van der Waals surface area contributed by atoms with E-state index < -0.39 is 14.0 Å². The number of Topliss-reactive ketones (excluding diaryl/α,β-unsaturated/α-hetero) is 1. The molecule has 1 aromatic heterocycles. The van der Waals surface area contributed by atoms with Gasteiger partial charge in [-0.25, -0.2) is 4.98 Å². The number of imidazole rings is 1. The molecular weight excluding hydrogens is 408 g/mol. The third-order valence-corrected chi connectivity index (χ3v) is 8.03. The highest BCUT2D eigenvalue weighted by Crippen LogP contribution is 2.39. The van der Waals surface area contributed by atoms with Crippen molar-refractivity contribution in [3.63, 3.8) is 0 Å². The molecule has 1 fully saturated rings. The summed E-state index contributed by atoms with van der Waals surface area (Å²) in [5.41, 5.74) is 5.51. The molecule has 0 radical (unpaired) electrons. The zero-order valence-corrected chi connectivity index (χ0v) is 20.8. The van der Waals surface area contributed by atoms with Crippen LogP contribution in [0.25, 0.3) is 11.0 Å². The van der Waals surface area contributed by atoms with E-state index in [1.54, 1.807) is 6.92 Å².